The Morgan fingerprint density at radius 1 is 1.22 bits per heavy atom. The first-order valence-corrected chi connectivity index (χ1v) is 8.75. The van der Waals surface area contributed by atoms with Crippen LogP contribution in [0.5, 0.6) is 11.5 Å². The average molecular weight is 372 g/mol. The van der Waals surface area contributed by atoms with Crippen molar-refractivity contribution < 1.29 is 24.9 Å². The first-order valence-electron chi connectivity index (χ1n) is 8.75. The molecule has 0 saturated heterocycles. The highest BCUT2D eigenvalue weighted by Gasteiger charge is 2.29. The lowest BCUT2D eigenvalue weighted by Crippen LogP contribution is -2.43. The summed E-state index contributed by atoms with van der Waals surface area (Å²) in [5.74, 6) is -0.138. The first kappa shape index (κ1) is 19.2. The van der Waals surface area contributed by atoms with Crippen molar-refractivity contribution in [1.82, 2.24) is 5.32 Å². The number of amides is 1. The van der Waals surface area contributed by atoms with Crippen molar-refractivity contribution in [3.8, 4) is 11.5 Å². The minimum atomic E-state index is -1.59. The van der Waals surface area contributed by atoms with Crippen LogP contribution in [0.15, 0.2) is 42.5 Å². The lowest BCUT2D eigenvalue weighted by Gasteiger charge is -2.30. The highest BCUT2D eigenvalue weighted by atomic mass is 16.6. The lowest BCUT2D eigenvalue weighted by atomic mass is 9.94. The van der Waals surface area contributed by atoms with Gasteiger partial charge in [-0.3, -0.25) is 4.79 Å². The number of hydrogen-bond acceptors (Lipinski definition) is 6. The number of anilines is 1. The zero-order valence-corrected chi connectivity index (χ0v) is 15.3. The van der Waals surface area contributed by atoms with Crippen LogP contribution in [0.4, 0.5) is 5.69 Å². The molecule has 144 valence electrons. The minimum Gasteiger partial charge on any atom is -0.508 e. The van der Waals surface area contributed by atoms with Gasteiger partial charge in [-0.25, -0.2) is 0 Å². The van der Waals surface area contributed by atoms with Crippen molar-refractivity contribution >= 4 is 11.6 Å². The largest absolute Gasteiger partial charge is 0.508 e. The molecule has 1 aliphatic rings. The standard InChI is InChI=1S/C20H24N2O5/c1-20(2,10-12-6-8-13(23)9-7-12)21-11-16(24)14-4-3-5-15-17(14)27-19(26)18(25)22-15/h3-9,16,19,21,23-24,26H,10-11H2,1-2H3,(H,22,25). The van der Waals surface area contributed by atoms with Crippen LogP contribution in [0.2, 0.25) is 0 Å². The van der Waals surface area contributed by atoms with Crippen LogP contribution in [-0.4, -0.2) is 39.6 Å². The topological polar surface area (TPSA) is 111 Å². The molecule has 1 amide bonds. The van der Waals surface area contributed by atoms with Gasteiger partial charge in [0, 0.05) is 17.6 Å². The monoisotopic (exact) mass is 372 g/mol. The number of benzene rings is 2. The molecule has 0 bridgehead atoms. The summed E-state index contributed by atoms with van der Waals surface area (Å²) in [5, 5.41) is 35.5. The molecule has 3 rings (SSSR count). The van der Waals surface area contributed by atoms with Crippen molar-refractivity contribution in [1.29, 1.82) is 0 Å². The Balaban J connectivity index is 1.67. The van der Waals surface area contributed by atoms with Crippen molar-refractivity contribution in [2.24, 2.45) is 0 Å². The molecule has 2 aromatic carbocycles. The van der Waals surface area contributed by atoms with Crippen LogP contribution in [-0.2, 0) is 11.2 Å². The Labute approximate surface area is 157 Å². The number of aliphatic hydroxyl groups is 2. The molecule has 2 atom stereocenters. The maximum atomic E-state index is 11.5. The number of nitrogens with one attached hydrogen (secondary N) is 2. The third-order valence-electron chi connectivity index (χ3n) is 4.47. The third-order valence-corrected chi connectivity index (χ3v) is 4.47. The van der Waals surface area contributed by atoms with Gasteiger partial charge in [0.25, 0.3) is 12.2 Å². The van der Waals surface area contributed by atoms with E-state index in [9.17, 15) is 20.1 Å². The number of para-hydroxylation sites is 1. The van der Waals surface area contributed by atoms with Gasteiger partial charge in [0.05, 0.1) is 11.8 Å². The fraction of sp³-hybridized carbons (Fsp3) is 0.350. The molecule has 0 saturated carbocycles. The highest BCUT2D eigenvalue weighted by Crippen LogP contribution is 2.36. The molecule has 0 aromatic heterocycles. The number of aromatic hydroxyl groups is 1. The van der Waals surface area contributed by atoms with E-state index in [2.05, 4.69) is 10.6 Å². The molecule has 2 unspecified atom stereocenters. The Bertz CT molecular complexity index is 820. The van der Waals surface area contributed by atoms with Gasteiger partial charge in [-0.1, -0.05) is 24.3 Å². The van der Waals surface area contributed by atoms with Gasteiger partial charge in [-0.15, -0.1) is 0 Å². The van der Waals surface area contributed by atoms with Gasteiger partial charge in [0.1, 0.15) is 5.75 Å². The molecule has 7 heteroatoms. The number of ether oxygens (including phenoxy) is 1. The molecular weight excluding hydrogens is 348 g/mol. The van der Waals surface area contributed by atoms with Gasteiger partial charge in [-0.2, -0.15) is 0 Å². The van der Waals surface area contributed by atoms with E-state index in [1.165, 1.54) is 0 Å². The number of β-amino-alcohol motifs (C(OH)–C–C–N with tert-alkyl or cyclic N) is 1. The fourth-order valence-electron chi connectivity index (χ4n) is 3.08. The van der Waals surface area contributed by atoms with Crippen molar-refractivity contribution in [3.63, 3.8) is 0 Å². The second-order valence-electron chi connectivity index (χ2n) is 7.31. The highest BCUT2D eigenvalue weighted by molar-refractivity contribution is 5.97. The molecule has 0 spiro atoms. The van der Waals surface area contributed by atoms with E-state index >= 15 is 0 Å². The normalized spacial score (nSPS) is 17.6. The van der Waals surface area contributed by atoms with Crippen LogP contribution in [0, 0.1) is 0 Å². The summed E-state index contributed by atoms with van der Waals surface area (Å²) < 4.78 is 5.27. The second kappa shape index (κ2) is 7.56. The van der Waals surface area contributed by atoms with Crippen LogP contribution in [0.1, 0.15) is 31.1 Å². The summed E-state index contributed by atoms with van der Waals surface area (Å²) in [6, 6.07) is 12.1. The number of aliphatic hydroxyl groups excluding tert-OH is 2. The number of hydrogen-bond donors (Lipinski definition) is 5. The van der Waals surface area contributed by atoms with Crippen LogP contribution < -0.4 is 15.4 Å². The Hall–Kier alpha value is -2.61. The molecule has 0 aliphatic carbocycles. The van der Waals surface area contributed by atoms with Gasteiger partial charge in [0.2, 0.25) is 0 Å². The predicted octanol–water partition coefficient (Wildman–Crippen LogP) is 1.69. The molecule has 5 N–H and O–H groups in total. The van der Waals surface area contributed by atoms with Crippen LogP contribution >= 0.6 is 0 Å². The first-order chi connectivity index (χ1) is 12.7. The fourth-order valence-corrected chi connectivity index (χ4v) is 3.08. The molecule has 7 nitrogen and oxygen atoms in total. The molecular formula is C20H24N2O5. The molecule has 2 aromatic rings. The summed E-state index contributed by atoms with van der Waals surface area (Å²) in [7, 11) is 0. The van der Waals surface area contributed by atoms with Gasteiger partial charge < -0.3 is 30.7 Å². The van der Waals surface area contributed by atoms with Gasteiger partial charge in [-0.05, 0) is 44.0 Å². The zero-order chi connectivity index (χ0) is 19.6. The van der Waals surface area contributed by atoms with E-state index in [1.54, 1.807) is 30.3 Å². The summed E-state index contributed by atoms with van der Waals surface area (Å²) in [5.41, 5.74) is 1.66. The van der Waals surface area contributed by atoms with Crippen molar-refractivity contribution in [2.75, 3.05) is 11.9 Å². The zero-order valence-electron chi connectivity index (χ0n) is 15.3. The van der Waals surface area contributed by atoms with E-state index in [0.29, 0.717) is 17.7 Å². The van der Waals surface area contributed by atoms with Gasteiger partial charge in [0.15, 0.2) is 5.75 Å². The number of carbonyl (C=O) groups excluding carboxylic acids is 1. The molecule has 27 heavy (non-hydrogen) atoms. The van der Waals surface area contributed by atoms with E-state index < -0.39 is 18.3 Å². The molecule has 1 aliphatic heterocycles. The summed E-state index contributed by atoms with van der Waals surface area (Å²) in [4.78, 5) is 11.5. The van der Waals surface area contributed by atoms with Crippen LogP contribution in [0.3, 0.4) is 0 Å². The summed E-state index contributed by atoms with van der Waals surface area (Å²) in [6.45, 7) is 4.30. The van der Waals surface area contributed by atoms with Crippen molar-refractivity contribution in [3.05, 3.63) is 53.6 Å². The Morgan fingerprint density at radius 3 is 2.63 bits per heavy atom. The number of carbonyl (C=O) groups is 1. The number of fused-ring (bicyclic) bond motifs is 1. The summed E-state index contributed by atoms with van der Waals surface area (Å²) in [6.07, 6.45) is -1.77. The molecule has 0 fully saturated rings. The van der Waals surface area contributed by atoms with E-state index in [1.807, 2.05) is 26.0 Å². The van der Waals surface area contributed by atoms with E-state index in [0.717, 1.165) is 5.56 Å². The third kappa shape index (κ3) is 4.57. The Kier molecular flexibility index (Phi) is 5.36. The molecule has 1 heterocycles. The maximum Gasteiger partial charge on any atom is 0.293 e. The number of phenols is 1. The minimum absolute atomic E-state index is 0.225. The second-order valence-corrected chi connectivity index (χ2v) is 7.31. The quantitative estimate of drug-likeness (QED) is 0.528. The van der Waals surface area contributed by atoms with E-state index in [-0.39, 0.29) is 23.6 Å². The maximum absolute atomic E-state index is 11.5. The number of rotatable bonds is 6. The Morgan fingerprint density at radius 2 is 1.93 bits per heavy atom. The lowest BCUT2D eigenvalue weighted by molar-refractivity contribution is -0.139. The predicted molar refractivity (Wildman–Crippen MR) is 101 cm³/mol. The average Bonchev–Trinajstić information content (AvgIpc) is 2.62. The SMILES string of the molecule is CC(C)(Cc1ccc(O)cc1)NCC(O)c1cccc2c1OC(O)C(=O)N2. The number of phenolic OH excluding ortho intramolecular Hbond substituents is 1. The summed E-state index contributed by atoms with van der Waals surface area (Å²) >= 11 is 0. The van der Waals surface area contributed by atoms with Crippen LogP contribution in [0.25, 0.3) is 0 Å². The smallest absolute Gasteiger partial charge is 0.293 e. The van der Waals surface area contributed by atoms with Crippen molar-refractivity contribution in [2.45, 2.75) is 38.2 Å². The van der Waals surface area contributed by atoms with Gasteiger partial charge >= 0.3 is 0 Å². The molecule has 0 radical (unpaired) electrons. The van der Waals surface area contributed by atoms with E-state index in [4.69, 9.17) is 4.74 Å².